The first-order chi connectivity index (χ1) is 8.81. The first kappa shape index (κ1) is 15.8. The molecule has 4 nitrogen and oxygen atoms in total. The zero-order valence-electron chi connectivity index (χ0n) is 10.7. The standard InChI is InChI=1S/C13H15Cl2NO3/c1-8(13(18)19)7-16(2)12(17)5-9-3-4-10(14)6-11(9)15/h3-4,6,8H,5,7H2,1-2H3,(H,18,19). The molecular formula is C13H15Cl2NO3. The van der Waals surface area contributed by atoms with Crippen molar-refractivity contribution in [3.63, 3.8) is 0 Å². The predicted molar refractivity (Wildman–Crippen MR) is 74.6 cm³/mol. The van der Waals surface area contributed by atoms with Crippen molar-refractivity contribution in [3.05, 3.63) is 33.8 Å². The van der Waals surface area contributed by atoms with Crippen molar-refractivity contribution in [2.45, 2.75) is 13.3 Å². The van der Waals surface area contributed by atoms with Crippen molar-refractivity contribution in [3.8, 4) is 0 Å². The predicted octanol–water partition coefficient (Wildman–Crippen LogP) is 2.72. The molecule has 0 aromatic heterocycles. The normalized spacial score (nSPS) is 12.0. The minimum atomic E-state index is -0.927. The fourth-order valence-electron chi connectivity index (χ4n) is 1.55. The molecule has 0 saturated heterocycles. The number of carbonyl (C=O) groups excluding carboxylic acids is 1. The summed E-state index contributed by atoms with van der Waals surface area (Å²) in [5.74, 6) is -1.71. The van der Waals surface area contributed by atoms with Crippen LogP contribution in [0.3, 0.4) is 0 Å². The maximum absolute atomic E-state index is 11.9. The van der Waals surface area contributed by atoms with Crippen LogP contribution in [0, 0.1) is 5.92 Å². The van der Waals surface area contributed by atoms with Gasteiger partial charge in [0.25, 0.3) is 0 Å². The van der Waals surface area contributed by atoms with Crippen LogP contribution in [0.15, 0.2) is 18.2 Å². The Kier molecular flexibility index (Phi) is 5.63. The zero-order chi connectivity index (χ0) is 14.6. The lowest BCUT2D eigenvalue weighted by Crippen LogP contribution is -2.34. The molecule has 1 N–H and O–H groups in total. The second-order valence-electron chi connectivity index (χ2n) is 4.43. The average molecular weight is 304 g/mol. The summed E-state index contributed by atoms with van der Waals surface area (Å²) < 4.78 is 0. The van der Waals surface area contributed by atoms with E-state index >= 15 is 0 Å². The van der Waals surface area contributed by atoms with Gasteiger partial charge in [0.15, 0.2) is 0 Å². The van der Waals surface area contributed by atoms with Crippen LogP contribution in [0.2, 0.25) is 10.0 Å². The van der Waals surface area contributed by atoms with Crippen molar-refractivity contribution in [2.75, 3.05) is 13.6 Å². The molecule has 0 fully saturated rings. The van der Waals surface area contributed by atoms with E-state index in [1.54, 1.807) is 32.2 Å². The summed E-state index contributed by atoms with van der Waals surface area (Å²) in [5.41, 5.74) is 0.672. The Bertz CT molecular complexity index is 491. The summed E-state index contributed by atoms with van der Waals surface area (Å²) >= 11 is 11.8. The first-order valence-corrected chi connectivity index (χ1v) is 6.47. The number of amides is 1. The zero-order valence-corrected chi connectivity index (χ0v) is 12.2. The molecule has 6 heteroatoms. The maximum atomic E-state index is 11.9. The van der Waals surface area contributed by atoms with Gasteiger partial charge in [-0.25, -0.2) is 0 Å². The Labute approximate surface area is 121 Å². The number of hydrogen-bond acceptors (Lipinski definition) is 2. The molecule has 104 valence electrons. The molecule has 1 rings (SSSR count). The third-order valence-corrected chi connectivity index (χ3v) is 3.34. The van der Waals surface area contributed by atoms with Gasteiger partial charge >= 0.3 is 5.97 Å². The van der Waals surface area contributed by atoms with Crippen molar-refractivity contribution in [1.82, 2.24) is 4.90 Å². The van der Waals surface area contributed by atoms with E-state index in [9.17, 15) is 9.59 Å². The fraction of sp³-hybridized carbons (Fsp3) is 0.385. The van der Waals surface area contributed by atoms with E-state index in [4.69, 9.17) is 28.3 Å². The molecule has 1 aromatic carbocycles. The van der Waals surface area contributed by atoms with Gasteiger partial charge < -0.3 is 10.0 Å². The minimum Gasteiger partial charge on any atom is -0.481 e. The maximum Gasteiger partial charge on any atom is 0.308 e. The highest BCUT2D eigenvalue weighted by Crippen LogP contribution is 2.21. The molecule has 0 heterocycles. The fourth-order valence-corrected chi connectivity index (χ4v) is 2.03. The lowest BCUT2D eigenvalue weighted by atomic mass is 10.1. The van der Waals surface area contributed by atoms with Crippen molar-refractivity contribution < 1.29 is 14.7 Å². The lowest BCUT2D eigenvalue weighted by Gasteiger charge is -2.19. The molecule has 1 atom stereocenters. The lowest BCUT2D eigenvalue weighted by molar-refractivity contribution is -0.142. The van der Waals surface area contributed by atoms with E-state index < -0.39 is 11.9 Å². The van der Waals surface area contributed by atoms with Crippen LogP contribution in [-0.2, 0) is 16.0 Å². The molecule has 1 unspecified atom stereocenters. The second-order valence-corrected chi connectivity index (χ2v) is 5.27. The Morgan fingerprint density at radius 3 is 2.53 bits per heavy atom. The highest BCUT2D eigenvalue weighted by atomic mass is 35.5. The number of halogens is 2. The summed E-state index contributed by atoms with van der Waals surface area (Å²) in [6.45, 7) is 1.72. The Balaban J connectivity index is 2.66. The van der Waals surface area contributed by atoms with Gasteiger partial charge in [0.1, 0.15) is 0 Å². The topological polar surface area (TPSA) is 57.6 Å². The minimum absolute atomic E-state index is 0.124. The van der Waals surface area contributed by atoms with Crippen LogP contribution in [0.1, 0.15) is 12.5 Å². The number of nitrogens with zero attached hydrogens (tertiary/aromatic N) is 1. The second kappa shape index (κ2) is 6.78. The molecule has 0 bridgehead atoms. The van der Waals surface area contributed by atoms with E-state index in [0.717, 1.165) is 0 Å². The third kappa shape index (κ3) is 4.73. The highest BCUT2D eigenvalue weighted by molar-refractivity contribution is 6.35. The van der Waals surface area contributed by atoms with Gasteiger partial charge in [-0.05, 0) is 17.7 Å². The van der Waals surface area contributed by atoms with Crippen molar-refractivity contribution in [1.29, 1.82) is 0 Å². The van der Waals surface area contributed by atoms with Gasteiger partial charge in [-0.2, -0.15) is 0 Å². The number of carboxylic acid groups (broad SMARTS) is 1. The van der Waals surface area contributed by atoms with E-state index in [1.807, 2.05) is 0 Å². The van der Waals surface area contributed by atoms with Gasteiger partial charge in [0.2, 0.25) is 5.91 Å². The van der Waals surface area contributed by atoms with E-state index in [2.05, 4.69) is 0 Å². The molecule has 0 aliphatic heterocycles. The molecule has 19 heavy (non-hydrogen) atoms. The number of benzene rings is 1. The molecule has 1 aromatic rings. The number of aliphatic carboxylic acids is 1. The number of hydrogen-bond donors (Lipinski definition) is 1. The summed E-state index contributed by atoms with van der Waals surface area (Å²) in [6, 6.07) is 4.93. The summed E-state index contributed by atoms with van der Waals surface area (Å²) in [7, 11) is 1.57. The van der Waals surface area contributed by atoms with E-state index in [0.29, 0.717) is 15.6 Å². The Morgan fingerprint density at radius 1 is 1.37 bits per heavy atom. The van der Waals surface area contributed by atoms with Crippen LogP contribution in [0.25, 0.3) is 0 Å². The molecule has 0 spiro atoms. The van der Waals surface area contributed by atoms with Crippen molar-refractivity contribution >= 4 is 35.1 Å². The van der Waals surface area contributed by atoms with Gasteiger partial charge in [-0.1, -0.05) is 36.2 Å². The van der Waals surface area contributed by atoms with Crippen LogP contribution >= 0.6 is 23.2 Å². The van der Waals surface area contributed by atoms with Gasteiger partial charge in [-0.15, -0.1) is 0 Å². The van der Waals surface area contributed by atoms with Crippen LogP contribution in [-0.4, -0.2) is 35.5 Å². The van der Waals surface area contributed by atoms with Gasteiger partial charge in [-0.3, -0.25) is 9.59 Å². The summed E-state index contributed by atoms with van der Waals surface area (Å²) in [4.78, 5) is 24.1. The average Bonchev–Trinajstić information content (AvgIpc) is 2.32. The monoisotopic (exact) mass is 303 g/mol. The Hall–Kier alpha value is -1.26. The number of likely N-dealkylation sites (N-methyl/N-ethyl adjacent to an activating group) is 1. The van der Waals surface area contributed by atoms with Crippen LogP contribution < -0.4 is 0 Å². The quantitative estimate of drug-likeness (QED) is 0.910. The first-order valence-electron chi connectivity index (χ1n) is 5.72. The SMILES string of the molecule is CC(CN(C)C(=O)Cc1ccc(Cl)cc1Cl)C(=O)O. The molecular weight excluding hydrogens is 289 g/mol. The Morgan fingerprint density at radius 2 is 2.00 bits per heavy atom. The smallest absolute Gasteiger partial charge is 0.308 e. The molecule has 0 aliphatic rings. The van der Waals surface area contributed by atoms with Crippen LogP contribution in [0.4, 0.5) is 0 Å². The number of carboxylic acids is 1. The molecule has 1 amide bonds. The summed E-state index contributed by atoms with van der Waals surface area (Å²) in [6.07, 6.45) is 0.124. The third-order valence-electron chi connectivity index (χ3n) is 2.75. The molecule has 0 aliphatic carbocycles. The number of rotatable bonds is 5. The van der Waals surface area contributed by atoms with E-state index in [1.165, 1.54) is 4.90 Å². The largest absolute Gasteiger partial charge is 0.481 e. The van der Waals surface area contributed by atoms with E-state index in [-0.39, 0.29) is 18.9 Å². The molecule has 0 saturated carbocycles. The van der Waals surface area contributed by atoms with Crippen LogP contribution in [0.5, 0.6) is 0 Å². The number of carbonyl (C=O) groups is 2. The van der Waals surface area contributed by atoms with Crippen molar-refractivity contribution in [2.24, 2.45) is 5.92 Å². The highest BCUT2D eigenvalue weighted by Gasteiger charge is 2.18. The molecule has 0 radical (unpaired) electrons. The van der Waals surface area contributed by atoms with Gasteiger partial charge in [0, 0.05) is 23.6 Å². The van der Waals surface area contributed by atoms with Gasteiger partial charge in [0.05, 0.1) is 12.3 Å². The summed E-state index contributed by atoms with van der Waals surface area (Å²) in [5, 5.41) is 9.74.